The lowest BCUT2D eigenvalue weighted by Crippen LogP contribution is -1.97. The molecule has 2 N–H and O–H groups in total. The maximum Gasteiger partial charge on any atom is 0.146 e. The molecule has 4 aromatic rings. The average Bonchev–Trinajstić information content (AvgIpc) is 3.34. The lowest BCUT2D eigenvalue weighted by atomic mass is 10.1. The molecule has 0 spiro atoms. The standard InChI is InChI=1S/C20H17N3OS/c1-2-5-17(6-3-1)24-14-19-21-13-18(23-19)15-8-10-16(11-9-15)22-20-7-4-12-25-20/h1-13,22H,14H2,(H,21,23). The highest BCUT2D eigenvalue weighted by atomic mass is 32.1. The fourth-order valence-corrected chi connectivity index (χ4v) is 3.11. The van der Waals surface area contributed by atoms with Crippen LogP contribution in [0.25, 0.3) is 11.3 Å². The maximum atomic E-state index is 5.72. The summed E-state index contributed by atoms with van der Waals surface area (Å²) in [5, 5.41) is 6.56. The third-order valence-corrected chi connectivity index (χ3v) is 4.50. The predicted octanol–water partition coefficient (Wildman–Crippen LogP) is 5.46. The minimum Gasteiger partial charge on any atom is -0.486 e. The molecule has 0 amide bonds. The SMILES string of the molecule is c1ccc(OCc2nc(-c3ccc(Nc4cccs4)cc3)c[nH]2)cc1. The van der Waals surface area contributed by atoms with E-state index in [0.717, 1.165) is 33.5 Å². The van der Waals surface area contributed by atoms with Crippen LogP contribution in [0.5, 0.6) is 5.75 Å². The Labute approximate surface area is 150 Å². The van der Waals surface area contributed by atoms with Gasteiger partial charge in [0.15, 0.2) is 0 Å². The highest BCUT2D eigenvalue weighted by Gasteiger charge is 2.05. The van der Waals surface area contributed by atoms with Crippen LogP contribution in [0.2, 0.25) is 0 Å². The van der Waals surface area contributed by atoms with Gasteiger partial charge in [0.1, 0.15) is 18.2 Å². The average molecular weight is 347 g/mol. The molecular formula is C20H17N3OS. The summed E-state index contributed by atoms with van der Waals surface area (Å²) >= 11 is 1.68. The van der Waals surface area contributed by atoms with E-state index in [9.17, 15) is 0 Å². The summed E-state index contributed by atoms with van der Waals surface area (Å²) in [5.41, 5.74) is 3.04. The number of rotatable bonds is 6. The minimum absolute atomic E-state index is 0.419. The molecule has 0 bridgehead atoms. The first-order valence-electron chi connectivity index (χ1n) is 8.00. The quantitative estimate of drug-likeness (QED) is 0.487. The number of anilines is 2. The third-order valence-electron chi connectivity index (χ3n) is 3.72. The summed E-state index contributed by atoms with van der Waals surface area (Å²) in [6.07, 6.45) is 1.91. The number of thiophene rings is 1. The lowest BCUT2D eigenvalue weighted by Gasteiger charge is -2.04. The second kappa shape index (κ2) is 7.23. The maximum absolute atomic E-state index is 5.72. The van der Waals surface area contributed by atoms with E-state index < -0.39 is 0 Å². The topological polar surface area (TPSA) is 49.9 Å². The van der Waals surface area contributed by atoms with Gasteiger partial charge in [0.2, 0.25) is 0 Å². The van der Waals surface area contributed by atoms with Gasteiger partial charge < -0.3 is 15.0 Å². The van der Waals surface area contributed by atoms with Crippen LogP contribution in [0, 0.1) is 0 Å². The Hall–Kier alpha value is -3.05. The first kappa shape index (κ1) is 15.5. The van der Waals surface area contributed by atoms with Crippen molar-refractivity contribution in [3.8, 4) is 17.0 Å². The van der Waals surface area contributed by atoms with Crippen LogP contribution in [0.1, 0.15) is 5.82 Å². The highest BCUT2D eigenvalue weighted by molar-refractivity contribution is 7.14. The van der Waals surface area contributed by atoms with E-state index in [1.165, 1.54) is 0 Å². The third kappa shape index (κ3) is 3.89. The zero-order valence-electron chi connectivity index (χ0n) is 13.5. The van der Waals surface area contributed by atoms with E-state index in [0.29, 0.717) is 6.61 Å². The molecule has 0 unspecified atom stereocenters. The summed E-state index contributed by atoms with van der Waals surface area (Å²) < 4.78 is 5.72. The van der Waals surface area contributed by atoms with Crippen LogP contribution in [-0.4, -0.2) is 9.97 Å². The largest absolute Gasteiger partial charge is 0.486 e. The summed E-state index contributed by atoms with van der Waals surface area (Å²) in [5.74, 6) is 1.64. The molecule has 2 aromatic carbocycles. The minimum atomic E-state index is 0.419. The van der Waals surface area contributed by atoms with Gasteiger partial charge in [0.05, 0.1) is 10.7 Å². The van der Waals surface area contributed by atoms with Crippen molar-refractivity contribution in [2.24, 2.45) is 0 Å². The van der Waals surface area contributed by atoms with Gasteiger partial charge in [-0.1, -0.05) is 30.3 Å². The molecule has 4 rings (SSSR count). The predicted molar refractivity (Wildman–Crippen MR) is 102 cm³/mol. The molecule has 0 saturated heterocycles. The molecule has 2 aromatic heterocycles. The van der Waals surface area contributed by atoms with Gasteiger partial charge in [-0.3, -0.25) is 0 Å². The second-order valence-corrected chi connectivity index (χ2v) is 6.46. The summed E-state index contributed by atoms with van der Waals surface area (Å²) in [6, 6.07) is 22.1. The number of ether oxygens (including phenoxy) is 1. The van der Waals surface area contributed by atoms with Crippen molar-refractivity contribution in [3.63, 3.8) is 0 Å². The molecule has 0 atom stereocenters. The van der Waals surface area contributed by atoms with E-state index in [1.54, 1.807) is 11.3 Å². The number of aromatic amines is 1. The Kier molecular flexibility index (Phi) is 4.48. The molecule has 124 valence electrons. The van der Waals surface area contributed by atoms with Crippen LogP contribution in [0.15, 0.2) is 78.3 Å². The second-order valence-electron chi connectivity index (χ2n) is 5.51. The van der Waals surface area contributed by atoms with E-state index in [4.69, 9.17) is 4.74 Å². The number of imidazole rings is 1. The fraction of sp³-hybridized carbons (Fsp3) is 0.0500. The lowest BCUT2D eigenvalue weighted by molar-refractivity contribution is 0.297. The molecule has 0 aliphatic carbocycles. The number of nitrogens with zero attached hydrogens (tertiary/aromatic N) is 1. The Morgan fingerprint density at radius 1 is 0.960 bits per heavy atom. The number of hydrogen-bond acceptors (Lipinski definition) is 4. The number of aromatic nitrogens is 2. The van der Waals surface area contributed by atoms with Crippen molar-refractivity contribution in [2.45, 2.75) is 6.61 Å². The number of hydrogen-bond donors (Lipinski definition) is 2. The van der Waals surface area contributed by atoms with Crippen molar-refractivity contribution in [1.29, 1.82) is 0 Å². The van der Waals surface area contributed by atoms with Gasteiger partial charge >= 0.3 is 0 Å². The molecule has 0 saturated carbocycles. The molecule has 4 nitrogen and oxygen atoms in total. The zero-order chi connectivity index (χ0) is 16.9. The fourth-order valence-electron chi connectivity index (χ4n) is 2.47. The van der Waals surface area contributed by atoms with E-state index >= 15 is 0 Å². The van der Waals surface area contributed by atoms with E-state index in [-0.39, 0.29) is 0 Å². The first-order chi connectivity index (χ1) is 12.4. The molecule has 0 aliphatic heterocycles. The Balaban J connectivity index is 1.41. The molecule has 0 fully saturated rings. The molecule has 0 aliphatic rings. The van der Waals surface area contributed by atoms with Crippen LogP contribution < -0.4 is 10.1 Å². The van der Waals surface area contributed by atoms with E-state index in [1.807, 2.05) is 42.6 Å². The number of benzene rings is 2. The summed E-state index contributed by atoms with van der Waals surface area (Å²) in [7, 11) is 0. The number of H-pyrrole nitrogens is 1. The zero-order valence-corrected chi connectivity index (χ0v) is 14.3. The first-order valence-corrected chi connectivity index (χ1v) is 8.88. The molecular weight excluding hydrogens is 330 g/mol. The van der Waals surface area contributed by atoms with Gasteiger partial charge in [0.25, 0.3) is 0 Å². The van der Waals surface area contributed by atoms with Crippen molar-refractivity contribution >= 4 is 22.0 Å². The van der Waals surface area contributed by atoms with Crippen LogP contribution in [0.3, 0.4) is 0 Å². The van der Waals surface area contributed by atoms with Gasteiger partial charge in [0, 0.05) is 17.4 Å². The van der Waals surface area contributed by atoms with Crippen molar-refractivity contribution in [2.75, 3.05) is 5.32 Å². The van der Waals surface area contributed by atoms with Gasteiger partial charge in [-0.25, -0.2) is 4.98 Å². The van der Waals surface area contributed by atoms with Crippen LogP contribution in [0.4, 0.5) is 10.7 Å². The van der Waals surface area contributed by atoms with Crippen LogP contribution in [-0.2, 0) is 6.61 Å². The normalized spacial score (nSPS) is 10.6. The van der Waals surface area contributed by atoms with Crippen LogP contribution >= 0.6 is 11.3 Å². The summed E-state index contributed by atoms with van der Waals surface area (Å²) in [6.45, 7) is 0.419. The molecule has 0 radical (unpaired) electrons. The smallest absolute Gasteiger partial charge is 0.146 e. The Morgan fingerprint density at radius 2 is 1.80 bits per heavy atom. The van der Waals surface area contributed by atoms with Crippen molar-refractivity contribution < 1.29 is 4.74 Å². The monoisotopic (exact) mass is 347 g/mol. The Bertz CT molecular complexity index is 915. The Morgan fingerprint density at radius 3 is 2.56 bits per heavy atom. The highest BCUT2D eigenvalue weighted by Crippen LogP contribution is 2.24. The van der Waals surface area contributed by atoms with Gasteiger partial charge in [-0.05, 0) is 41.8 Å². The number of nitrogens with one attached hydrogen (secondary N) is 2. The van der Waals surface area contributed by atoms with Crippen molar-refractivity contribution in [3.05, 3.63) is 84.1 Å². The molecule has 2 heterocycles. The molecule has 5 heteroatoms. The molecule has 25 heavy (non-hydrogen) atoms. The van der Waals surface area contributed by atoms with Gasteiger partial charge in [-0.2, -0.15) is 0 Å². The van der Waals surface area contributed by atoms with Crippen molar-refractivity contribution in [1.82, 2.24) is 9.97 Å². The van der Waals surface area contributed by atoms with Gasteiger partial charge in [-0.15, -0.1) is 11.3 Å². The number of para-hydroxylation sites is 1. The van der Waals surface area contributed by atoms with E-state index in [2.05, 4.69) is 51.0 Å². The summed E-state index contributed by atoms with van der Waals surface area (Å²) in [4.78, 5) is 7.78.